The summed E-state index contributed by atoms with van der Waals surface area (Å²) in [6.07, 6.45) is 1.26. The van der Waals surface area contributed by atoms with Crippen molar-refractivity contribution in [2.75, 3.05) is 5.32 Å². The molecule has 0 fully saturated rings. The van der Waals surface area contributed by atoms with Crippen LogP contribution in [0.15, 0.2) is 28.4 Å². The fourth-order valence-corrected chi connectivity index (χ4v) is 1.71. The molecule has 0 aliphatic heterocycles. The first-order valence-electron chi connectivity index (χ1n) is 4.34. The molecule has 0 heterocycles. The first kappa shape index (κ1) is 12.1. The Bertz CT molecular complexity index is 484. The Kier molecular flexibility index (Phi) is 3.93. The lowest BCUT2D eigenvalue weighted by molar-refractivity contribution is 0.477. The number of allylic oxidation sites excluding steroid dienone is 1. The molecule has 0 bridgehead atoms. The smallest absolute Gasteiger partial charge is 0.145 e. The number of hydrogen-bond acceptors (Lipinski definition) is 4. The fourth-order valence-electron chi connectivity index (χ4n) is 1.15. The van der Waals surface area contributed by atoms with Gasteiger partial charge in [-0.3, -0.25) is 0 Å². The van der Waals surface area contributed by atoms with Crippen molar-refractivity contribution in [2.24, 2.45) is 0 Å². The summed E-state index contributed by atoms with van der Waals surface area (Å²) in [4.78, 5) is 0. The molecule has 0 saturated heterocycles. The summed E-state index contributed by atoms with van der Waals surface area (Å²) in [5.41, 5.74) is 1.23. The SMILES string of the molecule is Cc1cc(Br)cc(O)c1NC=C(C#N)C#N. The number of aryl methyl sites for hydroxylation is 1. The molecule has 0 amide bonds. The van der Waals surface area contributed by atoms with Crippen molar-refractivity contribution in [1.82, 2.24) is 0 Å². The highest BCUT2D eigenvalue weighted by atomic mass is 79.9. The number of nitriles is 2. The molecule has 0 saturated carbocycles. The van der Waals surface area contributed by atoms with E-state index in [1.807, 2.05) is 6.07 Å². The van der Waals surface area contributed by atoms with Crippen LogP contribution in [0.5, 0.6) is 5.75 Å². The van der Waals surface area contributed by atoms with Gasteiger partial charge in [0.05, 0.1) is 5.69 Å². The zero-order valence-corrected chi connectivity index (χ0v) is 10.0. The number of halogens is 1. The van der Waals surface area contributed by atoms with Crippen LogP contribution in [0.3, 0.4) is 0 Å². The molecule has 0 spiro atoms. The number of nitrogens with zero attached hydrogens (tertiary/aromatic N) is 2. The van der Waals surface area contributed by atoms with E-state index in [9.17, 15) is 5.11 Å². The standard InChI is InChI=1S/C11H8BrN3O/c1-7-2-9(12)3-10(16)11(7)15-6-8(4-13)5-14/h2-3,6,15-16H,1H3. The predicted molar refractivity (Wildman–Crippen MR) is 63.5 cm³/mol. The maximum Gasteiger partial charge on any atom is 0.145 e. The highest BCUT2D eigenvalue weighted by molar-refractivity contribution is 9.10. The summed E-state index contributed by atoms with van der Waals surface area (Å²) in [6, 6.07) is 6.78. The van der Waals surface area contributed by atoms with Gasteiger partial charge in [-0.05, 0) is 24.6 Å². The van der Waals surface area contributed by atoms with Crippen LogP contribution in [-0.2, 0) is 0 Å². The van der Waals surface area contributed by atoms with E-state index in [4.69, 9.17) is 10.5 Å². The van der Waals surface area contributed by atoms with E-state index in [0.717, 1.165) is 10.0 Å². The Morgan fingerprint density at radius 2 is 2.06 bits per heavy atom. The molecule has 1 aromatic rings. The highest BCUT2D eigenvalue weighted by Crippen LogP contribution is 2.31. The van der Waals surface area contributed by atoms with Gasteiger partial charge in [0.15, 0.2) is 0 Å². The van der Waals surface area contributed by atoms with Gasteiger partial charge in [0.2, 0.25) is 0 Å². The molecule has 5 heteroatoms. The van der Waals surface area contributed by atoms with Crippen LogP contribution >= 0.6 is 15.9 Å². The van der Waals surface area contributed by atoms with Crippen LogP contribution in [0.25, 0.3) is 0 Å². The third-order valence-corrected chi connectivity index (χ3v) is 2.34. The molecule has 0 radical (unpaired) electrons. The van der Waals surface area contributed by atoms with Gasteiger partial charge in [-0.25, -0.2) is 0 Å². The van der Waals surface area contributed by atoms with Gasteiger partial charge in [0, 0.05) is 10.7 Å². The largest absolute Gasteiger partial charge is 0.506 e. The summed E-state index contributed by atoms with van der Waals surface area (Å²) in [7, 11) is 0. The van der Waals surface area contributed by atoms with E-state index in [0.29, 0.717) is 5.69 Å². The van der Waals surface area contributed by atoms with Crippen LogP contribution in [-0.4, -0.2) is 5.11 Å². The molecule has 0 aromatic heterocycles. The van der Waals surface area contributed by atoms with Crippen molar-refractivity contribution in [2.45, 2.75) is 6.92 Å². The third-order valence-electron chi connectivity index (χ3n) is 1.88. The molecular weight excluding hydrogens is 270 g/mol. The zero-order valence-electron chi connectivity index (χ0n) is 8.45. The molecule has 0 aliphatic carbocycles. The van der Waals surface area contributed by atoms with Crippen LogP contribution in [0.2, 0.25) is 0 Å². The van der Waals surface area contributed by atoms with E-state index < -0.39 is 0 Å². The van der Waals surface area contributed by atoms with Crippen LogP contribution < -0.4 is 5.32 Å². The first-order chi connectivity index (χ1) is 7.58. The average molecular weight is 278 g/mol. The number of hydrogen-bond donors (Lipinski definition) is 2. The Hall–Kier alpha value is -1.98. The lowest BCUT2D eigenvalue weighted by Gasteiger charge is -2.08. The molecule has 0 aliphatic rings. The summed E-state index contributed by atoms with van der Waals surface area (Å²) in [5.74, 6) is 0.0540. The lowest BCUT2D eigenvalue weighted by Crippen LogP contribution is -1.93. The Morgan fingerprint density at radius 3 is 2.56 bits per heavy atom. The molecule has 1 aromatic carbocycles. The van der Waals surface area contributed by atoms with Crippen LogP contribution in [0.1, 0.15) is 5.56 Å². The number of nitrogens with one attached hydrogen (secondary N) is 1. The van der Waals surface area contributed by atoms with E-state index >= 15 is 0 Å². The van der Waals surface area contributed by atoms with Gasteiger partial charge >= 0.3 is 0 Å². The Morgan fingerprint density at radius 1 is 1.44 bits per heavy atom. The molecule has 80 valence electrons. The molecule has 0 atom stereocenters. The minimum Gasteiger partial charge on any atom is -0.506 e. The topological polar surface area (TPSA) is 79.8 Å². The van der Waals surface area contributed by atoms with Gasteiger partial charge in [0.1, 0.15) is 23.5 Å². The molecule has 1 rings (SSSR count). The average Bonchev–Trinajstić information content (AvgIpc) is 2.22. The van der Waals surface area contributed by atoms with Gasteiger partial charge in [-0.1, -0.05) is 15.9 Å². The minimum atomic E-state index is -0.0540. The van der Waals surface area contributed by atoms with Gasteiger partial charge in [0.25, 0.3) is 0 Å². The van der Waals surface area contributed by atoms with Gasteiger partial charge in [-0.15, -0.1) is 0 Å². The zero-order chi connectivity index (χ0) is 12.1. The number of aromatic hydroxyl groups is 1. The second-order valence-corrected chi connectivity index (χ2v) is 3.96. The number of phenols is 1. The molecule has 16 heavy (non-hydrogen) atoms. The number of rotatable bonds is 2. The van der Waals surface area contributed by atoms with E-state index in [1.54, 1.807) is 19.1 Å². The monoisotopic (exact) mass is 277 g/mol. The number of benzene rings is 1. The van der Waals surface area contributed by atoms with Crippen molar-refractivity contribution in [3.63, 3.8) is 0 Å². The van der Waals surface area contributed by atoms with Gasteiger partial charge in [-0.2, -0.15) is 10.5 Å². The molecule has 0 unspecified atom stereocenters. The third kappa shape index (κ3) is 2.75. The van der Waals surface area contributed by atoms with Crippen LogP contribution in [0, 0.1) is 29.6 Å². The van der Waals surface area contributed by atoms with Crippen LogP contribution in [0.4, 0.5) is 5.69 Å². The normalized spacial score (nSPS) is 8.75. The van der Waals surface area contributed by atoms with E-state index in [2.05, 4.69) is 21.2 Å². The predicted octanol–water partition coefficient (Wildman–Crippen LogP) is 2.81. The second-order valence-electron chi connectivity index (χ2n) is 3.04. The summed E-state index contributed by atoms with van der Waals surface area (Å²) in [6.45, 7) is 1.80. The molecule has 4 nitrogen and oxygen atoms in total. The summed E-state index contributed by atoms with van der Waals surface area (Å²) >= 11 is 3.25. The fraction of sp³-hybridized carbons (Fsp3) is 0.0909. The van der Waals surface area contributed by atoms with E-state index in [-0.39, 0.29) is 11.3 Å². The highest BCUT2D eigenvalue weighted by Gasteiger charge is 2.05. The second kappa shape index (κ2) is 5.20. The van der Waals surface area contributed by atoms with E-state index in [1.165, 1.54) is 12.3 Å². The van der Waals surface area contributed by atoms with Crippen molar-refractivity contribution in [3.05, 3.63) is 33.9 Å². The summed E-state index contributed by atoms with van der Waals surface area (Å²) < 4.78 is 0.762. The van der Waals surface area contributed by atoms with Gasteiger partial charge < -0.3 is 10.4 Å². The minimum absolute atomic E-state index is 0.0540. The number of anilines is 1. The Balaban J connectivity index is 3.05. The van der Waals surface area contributed by atoms with Crippen molar-refractivity contribution >= 4 is 21.6 Å². The molecular formula is C11H8BrN3O. The quantitative estimate of drug-likeness (QED) is 0.644. The maximum atomic E-state index is 9.64. The molecule has 2 N–H and O–H groups in total. The first-order valence-corrected chi connectivity index (χ1v) is 5.13. The number of phenolic OH excluding ortho intramolecular Hbond substituents is 1. The van der Waals surface area contributed by atoms with Crippen molar-refractivity contribution in [3.8, 4) is 17.9 Å². The van der Waals surface area contributed by atoms with Crippen molar-refractivity contribution in [1.29, 1.82) is 10.5 Å². The Labute approximate surface area is 102 Å². The lowest BCUT2D eigenvalue weighted by atomic mass is 10.2. The summed E-state index contributed by atoms with van der Waals surface area (Å²) in [5, 5.41) is 29.4. The van der Waals surface area contributed by atoms with Crippen molar-refractivity contribution < 1.29 is 5.11 Å². The maximum absolute atomic E-state index is 9.64.